The number of nitrogens with two attached hydrogens (primary N) is 1. The first kappa shape index (κ1) is 59.2. The molecule has 4 aliphatic heterocycles. The van der Waals surface area contributed by atoms with Gasteiger partial charge in [-0.2, -0.15) is 9.97 Å². The largest absolute Gasteiger partial charge is 0.478 e. The lowest BCUT2D eigenvalue weighted by Gasteiger charge is -2.23. The Bertz CT molecular complexity index is 3550. The summed E-state index contributed by atoms with van der Waals surface area (Å²) >= 11 is 13.3. The first-order valence-corrected chi connectivity index (χ1v) is 28.2. The number of aliphatic hydroxyl groups excluding tert-OH is 2. The molecule has 0 radical (unpaired) electrons. The van der Waals surface area contributed by atoms with Crippen LogP contribution in [0.1, 0.15) is 20.7 Å². The van der Waals surface area contributed by atoms with Gasteiger partial charge in [-0.05, 0) is 81.9 Å². The van der Waals surface area contributed by atoms with E-state index in [-0.39, 0.29) is 61.3 Å². The van der Waals surface area contributed by atoms with Crippen LogP contribution in [0.3, 0.4) is 0 Å². The second kappa shape index (κ2) is 25.1. The summed E-state index contributed by atoms with van der Waals surface area (Å²) in [6.45, 7) is 4.45. The Morgan fingerprint density at radius 1 is 0.566 bits per heavy atom. The standard InChI is InChI=1S/C31H33ClN4O5.C26H21ClN2O6.C5H15N2/c1-36(2,3)13-12-33-30(38)21-10-6-19(7-11-21)18-4-8-20(9-5-18)22-14-24-25(15-23(22)32)35-31(34-24)41-27-17-40-28-26(37)16-39-29(27)28;27-18-10-20-19(28-26(29-20)35-22-12-34-23-21(30)11-33-24(22)23)9-17(18)15-5-1-13(2-6-15)14-3-7-16(8-4-14)25(31)32;1-7(2,3)5-4-6/h4-11,14-15,26-29,37H,12-13,16-17H2,1-3H3,(H-,33,34,35,38);1-10,21-24,30H,11-12H2,(H,28,29)(H,31,32);4-6H2,1-3H3/q;;+1/p+1/t26-,27-,28-,29-;21-,22-,23-,24-;/m11./s1. The summed E-state index contributed by atoms with van der Waals surface area (Å²) in [5, 5.41) is 33.1. The maximum Gasteiger partial charge on any atom is 0.335 e. The molecule has 83 heavy (non-hydrogen) atoms. The molecule has 0 spiro atoms. The summed E-state index contributed by atoms with van der Waals surface area (Å²) < 4.78 is 36.3. The molecule has 4 fully saturated rings. The summed E-state index contributed by atoms with van der Waals surface area (Å²) in [7, 11) is 12.7. The van der Waals surface area contributed by atoms with E-state index in [1.807, 2.05) is 97.1 Å². The third-order valence-electron chi connectivity index (χ3n) is 14.8. The summed E-state index contributed by atoms with van der Waals surface area (Å²) in [6, 6.07) is 38.6. The number of aromatic nitrogens is 4. The lowest BCUT2D eigenvalue weighted by atomic mass is 9.99. The Morgan fingerprint density at radius 2 is 0.940 bits per heavy atom. The molecule has 4 saturated heterocycles. The number of hydrogen-bond donors (Lipinski definition) is 7. The summed E-state index contributed by atoms with van der Waals surface area (Å²) in [5.41, 5.74) is 16.6. The fourth-order valence-electron chi connectivity index (χ4n) is 10.2. The number of benzene rings is 6. The van der Waals surface area contributed by atoms with Gasteiger partial charge in [0.05, 0.1) is 126 Å². The van der Waals surface area contributed by atoms with Crippen molar-refractivity contribution in [2.24, 2.45) is 5.73 Å². The van der Waals surface area contributed by atoms with Gasteiger partial charge in [-0.25, -0.2) is 4.79 Å². The van der Waals surface area contributed by atoms with Crippen molar-refractivity contribution < 1.29 is 62.3 Å². The van der Waals surface area contributed by atoms with E-state index >= 15 is 0 Å². The molecule has 0 bridgehead atoms. The van der Waals surface area contributed by atoms with Crippen LogP contribution in [0, 0.1) is 0 Å². The fourth-order valence-corrected chi connectivity index (χ4v) is 10.8. The second-order valence-corrected chi connectivity index (χ2v) is 23.9. The number of halogens is 2. The molecule has 436 valence electrons. The number of carbonyl (C=O) groups excluding carboxylic acids is 1. The first-order chi connectivity index (χ1) is 39.7. The van der Waals surface area contributed by atoms with E-state index in [1.165, 1.54) is 0 Å². The van der Waals surface area contributed by atoms with Crippen LogP contribution in [0.5, 0.6) is 12.0 Å². The average Bonchev–Trinajstić information content (AvgIpc) is 3.60. The number of hydrogen-bond acceptors (Lipinski definition) is 13. The van der Waals surface area contributed by atoms with Crippen LogP contribution in [-0.2, 0) is 18.9 Å². The highest BCUT2D eigenvalue weighted by Gasteiger charge is 2.50. The van der Waals surface area contributed by atoms with E-state index in [1.54, 1.807) is 24.3 Å². The number of imidazole rings is 2. The van der Waals surface area contributed by atoms with Crippen LogP contribution < -0.4 is 20.5 Å². The molecular weight excluding hydrogens is 1100 g/mol. The van der Waals surface area contributed by atoms with E-state index in [4.69, 9.17) is 62.5 Å². The monoisotopic (exact) mass is 1170 g/mol. The normalized spacial score (nSPS) is 21.9. The highest BCUT2D eigenvalue weighted by Crippen LogP contribution is 2.37. The van der Waals surface area contributed by atoms with Gasteiger partial charge >= 0.3 is 5.97 Å². The van der Waals surface area contributed by atoms with Crippen molar-refractivity contribution in [2.75, 3.05) is 94.9 Å². The Balaban J connectivity index is 0.000000168. The number of nitrogens with one attached hydrogen (secondary N) is 3. The molecule has 8 N–H and O–H groups in total. The number of H-pyrrole nitrogens is 2. The number of quaternary nitrogens is 2. The Hall–Kier alpha value is -6.98. The number of amides is 1. The molecule has 0 aliphatic carbocycles. The van der Waals surface area contributed by atoms with E-state index in [2.05, 4.69) is 67.5 Å². The maximum atomic E-state index is 12.5. The van der Waals surface area contributed by atoms with E-state index in [0.29, 0.717) is 52.9 Å². The molecular formula is C62H70Cl2N8O11+2. The van der Waals surface area contributed by atoms with E-state index in [9.17, 15) is 19.8 Å². The minimum atomic E-state index is -0.949. The third-order valence-corrected chi connectivity index (χ3v) is 15.4. The zero-order valence-electron chi connectivity index (χ0n) is 47.1. The molecule has 21 heteroatoms. The van der Waals surface area contributed by atoms with Gasteiger partial charge in [0.2, 0.25) is 0 Å². The highest BCUT2D eigenvalue weighted by molar-refractivity contribution is 6.34. The van der Waals surface area contributed by atoms with Crippen molar-refractivity contribution in [3.63, 3.8) is 0 Å². The molecule has 4 aliphatic rings. The molecule has 8 atom stereocenters. The molecule has 12 rings (SSSR count). The molecule has 6 aromatic carbocycles. The third kappa shape index (κ3) is 14.2. The highest BCUT2D eigenvalue weighted by atomic mass is 35.5. The van der Waals surface area contributed by atoms with Crippen molar-refractivity contribution in [3.05, 3.63) is 142 Å². The lowest BCUT2D eigenvalue weighted by Crippen LogP contribution is -2.41. The van der Waals surface area contributed by atoms with Gasteiger partial charge in [0.25, 0.3) is 17.9 Å². The van der Waals surface area contributed by atoms with Crippen molar-refractivity contribution in [3.8, 4) is 56.5 Å². The first-order valence-electron chi connectivity index (χ1n) is 27.5. The molecule has 6 heterocycles. The number of rotatable bonds is 15. The molecule has 0 saturated carbocycles. The number of ether oxygens (including phenoxy) is 6. The van der Waals surface area contributed by atoms with Crippen LogP contribution >= 0.6 is 23.2 Å². The van der Waals surface area contributed by atoms with Crippen LogP contribution in [0.4, 0.5) is 0 Å². The van der Waals surface area contributed by atoms with Crippen LogP contribution in [0.25, 0.3) is 66.6 Å². The number of likely N-dealkylation sites (N-methyl/N-ethyl adjacent to an activating group) is 2. The Morgan fingerprint density at radius 3 is 1.31 bits per heavy atom. The maximum absolute atomic E-state index is 12.5. The van der Waals surface area contributed by atoms with E-state index < -0.39 is 18.2 Å². The van der Waals surface area contributed by atoms with Gasteiger partial charge in [0.15, 0.2) is 12.2 Å². The summed E-state index contributed by atoms with van der Waals surface area (Å²) in [5.74, 6) is -1.01. The second-order valence-electron chi connectivity index (χ2n) is 23.1. The molecule has 8 aromatic rings. The Kier molecular flexibility index (Phi) is 17.9. The fraction of sp³-hybridized carbons (Fsp3) is 0.355. The predicted molar refractivity (Wildman–Crippen MR) is 318 cm³/mol. The van der Waals surface area contributed by atoms with Crippen molar-refractivity contribution in [1.82, 2.24) is 25.3 Å². The number of nitrogens with zero attached hydrogens (tertiary/aromatic N) is 4. The Labute approximate surface area is 491 Å². The number of carboxylic acid groups (broad SMARTS) is 1. The van der Waals surface area contributed by atoms with Crippen LogP contribution in [-0.4, -0.2) is 200 Å². The molecule has 0 unspecified atom stereocenters. The quantitative estimate of drug-likeness (QED) is 0.0487. The van der Waals surface area contributed by atoms with Gasteiger partial charge in [0.1, 0.15) is 36.6 Å². The van der Waals surface area contributed by atoms with Crippen molar-refractivity contribution in [1.29, 1.82) is 0 Å². The summed E-state index contributed by atoms with van der Waals surface area (Å²) in [4.78, 5) is 39.0. The van der Waals surface area contributed by atoms with Crippen LogP contribution in [0.15, 0.2) is 121 Å². The minimum Gasteiger partial charge on any atom is -0.478 e. The minimum absolute atomic E-state index is 0.0660. The zero-order valence-corrected chi connectivity index (χ0v) is 48.6. The molecule has 19 nitrogen and oxygen atoms in total. The molecule has 2 aromatic heterocycles. The van der Waals surface area contributed by atoms with Gasteiger partial charge in [-0.3, -0.25) is 4.79 Å². The molecule has 1 amide bonds. The number of carbonyl (C=O) groups is 2. The van der Waals surface area contributed by atoms with Gasteiger partial charge < -0.3 is 73.7 Å². The topological polar surface area (TPSA) is 246 Å². The van der Waals surface area contributed by atoms with E-state index in [0.717, 1.165) is 89.7 Å². The number of aromatic carboxylic acids is 1. The number of carboxylic acids is 1. The van der Waals surface area contributed by atoms with Gasteiger partial charge in [-0.1, -0.05) is 96.0 Å². The number of aromatic amines is 2. The lowest BCUT2D eigenvalue weighted by molar-refractivity contribution is -0.869. The zero-order chi connectivity index (χ0) is 58.7. The van der Waals surface area contributed by atoms with Gasteiger partial charge in [0, 0.05) is 23.2 Å². The number of fused-ring (bicyclic) bond motifs is 4. The van der Waals surface area contributed by atoms with Crippen molar-refractivity contribution >= 4 is 57.1 Å². The summed E-state index contributed by atoms with van der Waals surface area (Å²) in [6.07, 6.45) is -3.36. The van der Waals surface area contributed by atoms with Gasteiger partial charge in [-0.15, -0.1) is 0 Å². The predicted octanol–water partition coefficient (Wildman–Crippen LogP) is 7.70. The average molecular weight is 1170 g/mol. The van der Waals surface area contributed by atoms with Crippen LogP contribution in [0.2, 0.25) is 10.0 Å². The SMILES string of the molecule is C[N+](C)(C)CCN.C[N+](C)(C)CCNC(=O)c1ccc(-c2ccc(-c3cc4nc(O[C@@H]5CO[C@H]6[C@@H]5OC[C@H]6O)[nH]c4cc3Cl)cc2)cc1.O=C(O)c1ccc(-c2ccc(-c3cc4nc(O[C@@H]5CO[C@H]6[C@@H]5OC[C@H]6O)[nH]c4cc3Cl)cc2)cc1. The smallest absolute Gasteiger partial charge is 0.335 e. The van der Waals surface area contributed by atoms with Crippen molar-refractivity contribution in [2.45, 2.75) is 48.8 Å². The number of aliphatic hydroxyl groups is 2.